The number of nitrogens with zero attached hydrogens (tertiary/aromatic N) is 2. The van der Waals surface area contributed by atoms with Crippen LogP contribution in [0.2, 0.25) is 0 Å². The van der Waals surface area contributed by atoms with Gasteiger partial charge in [-0.05, 0) is 30.7 Å². The summed E-state index contributed by atoms with van der Waals surface area (Å²) in [5.74, 6) is 1.51. The molecule has 0 bridgehead atoms. The summed E-state index contributed by atoms with van der Waals surface area (Å²) in [4.78, 5) is 0. The Bertz CT molecular complexity index is 825. The largest absolute Gasteiger partial charge is 0.454 e. The Morgan fingerprint density at radius 1 is 1.00 bits per heavy atom. The Labute approximate surface area is 128 Å². The molecule has 2 aliphatic heterocycles. The Morgan fingerprint density at radius 3 is 2.59 bits per heavy atom. The van der Waals surface area contributed by atoms with Gasteiger partial charge in [-0.25, -0.2) is 0 Å². The predicted octanol–water partition coefficient (Wildman–Crippen LogP) is 2.77. The number of nitrogen functional groups attached to an aromatic ring is 1. The number of hydrogen-bond donors (Lipinski definition) is 1. The van der Waals surface area contributed by atoms with Gasteiger partial charge >= 0.3 is 0 Å². The van der Waals surface area contributed by atoms with Crippen LogP contribution in [0.4, 0.5) is 5.69 Å². The summed E-state index contributed by atoms with van der Waals surface area (Å²) >= 11 is 0. The topological polar surface area (TPSA) is 69.2 Å². The first-order valence-corrected chi connectivity index (χ1v) is 7.11. The van der Waals surface area contributed by atoms with Crippen molar-refractivity contribution >= 4 is 17.1 Å². The molecule has 2 aliphatic rings. The van der Waals surface area contributed by atoms with Gasteiger partial charge in [0.25, 0.3) is 0 Å². The van der Waals surface area contributed by atoms with Crippen molar-refractivity contribution in [3.05, 3.63) is 53.1 Å². The first kappa shape index (κ1) is 12.9. The molecule has 0 unspecified atom stereocenters. The lowest BCUT2D eigenvalue weighted by atomic mass is 9.94. The minimum atomic E-state index is 0.255. The zero-order valence-electron chi connectivity index (χ0n) is 12.2. The predicted molar refractivity (Wildman–Crippen MR) is 85.9 cm³/mol. The zero-order valence-corrected chi connectivity index (χ0v) is 12.2. The van der Waals surface area contributed by atoms with E-state index >= 15 is 0 Å². The normalized spacial score (nSPS) is 15.7. The number of fused-ring (bicyclic) bond motifs is 2. The van der Waals surface area contributed by atoms with E-state index in [1.165, 1.54) is 0 Å². The molecule has 5 heteroatoms. The van der Waals surface area contributed by atoms with Crippen LogP contribution >= 0.6 is 0 Å². The summed E-state index contributed by atoms with van der Waals surface area (Å²) in [7, 11) is 0. The van der Waals surface area contributed by atoms with Gasteiger partial charge in [0.1, 0.15) is 5.71 Å². The number of benzene rings is 2. The fourth-order valence-corrected chi connectivity index (χ4v) is 2.76. The molecule has 0 spiro atoms. The molecule has 22 heavy (non-hydrogen) atoms. The van der Waals surface area contributed by atoms with E-state index in [1.54, 1.807) is 0 Å². The van der Waals surface area contributed by atoms with Gasteiger partial charge in [-0.1, -0.05) is 18.2 Å². The second kappa shape index (κ2) is 4.87. The summed E-state index contributed by atoms with van der Waals surface area (Å²) in [5.41, 5.74) is 11.5. The third kappa shape index (κ3) is 2.02. The first-order chi connectivity index (χ1) is 10.7. The molecule has 0 saturated heterocycles. The van der Waals surface area contributed by atoms with E-state index in [-0.39, 0.29) is 6.79 Å². The van der Waals surface area contributed by atoms with Crippen LogP contribution in [0.15, 0.2) is 46.6 Å². The van der Waals surface area contributed by atoms with Crippen LogP contribution in [-0.4, -0.2) is 18.2 Å². The lowest BCUT2D eigenvalue weighted by molar-refractivity contribution is 0.174. The van der Waals surface area contributed by atoms with Crippen molar-refractivity contribution in [2.45, 2.75) is 13.3 Å². The van der Waals surface area contributed by atoms with Crippen LogP contribution in [0.3, 0.4) is 0 Å². The van der Waals surface area contributed by atoms with Crippen LogP contribution in [0.25, 0.3) is 0 Å². The Kier molecular flexibility index (Phi) is 2.85. The average molecular weight is 293 g/mol. The number of nitrogens with two attached hydrogens (primary N) is 1. The van der Waals surface area contributed by atoms with Gasteiger partial charge in [-0.15, -0.1) is 5.10 Å². The number of rotatable bonds is 1. The molecule has 0 fully saturated rings. The molecule has 5 nitrogen and oxygen atoms in total. The number of anilines is 1. The van der Waals surface area contributed by atoms with Crippen LogP contribution in [0.5, 0.6) is 11.5 Å². The highest BCUT2D eigenvalue weighted by atomic mass is 16.7. The molecule has 2 N–H and O–H groups in total. The second-order valence-corrected chi connectivity index (χ2v) is 5.41. The third-order valence-corrected chi connectivity index (χ3v) is 3.84. The Balaban J connectivity index is 1.95. The Hall–Kier alpha value is -2.82. The van der Waals surface area contributed by atoms with E-state index in [0.29, 0.717) is 5.69 Å². The maximum absolute atomic E-state index is 6.12. The highest BCUT2D eigenvalue weighted by Gasteiger charge is 2.23. The molecule has 0 saturated carbocycles. The van der Waals surface area contributed by atoms with Gasteiger partial charge in [-0.2, -0.15) is 5.10 Å². The van der Waals surface area contributed by atoms with Crippen molar-refractivity contribution < 1.29 is 9.47 Å². The van der Waals surface area contributed by atoms with Crippen molar-refractivity contribution in [2.24, 2.45) is 10.2 Å². The molecule has 0 amide bonds. The summed E-state index contributed by atoms with van der Waals surface area (Å²) in [6.07, 6.45) is 0.728. The maximum atomic E-state index is 6.12. The Morgan fingerprint density at radius 2 is 1.77 bits per heavy atom. The highest BCUT2D eigenvalue weighted by molar-refractivity contribution is 6.17. The van der Waals surface area contributed by atoms with Crippen molar-refractivity contribution in [3.63, 3.8) is 0 Å². The quantitative estimate of drug-likeness (QED) is 0.822. The lowest BCUT2D eigenvalue weighted by Crippen LogP contribution is -2.09. The van der Waals surface area contributed by atoms with Crippen LogP contribution in [0, 0.1) is 0 Å². The second-order valence-electron chi connectivity index (χ2n) is 5.41. The van der Waals surface area contributed by atoms with Gasteiger partial charge in [0.15, 0.2) is 11.5 Å². The van der Waals surface area contributed by atoms with E-state index in [4.69, 9.17) is 15.2 Å². The molecule has 4 rings (SSSR count). The summed E-state index contributed by atoms with van der Waals surface area (Å²) in [6, 6.07) is 11.7. The summed E-state index contributed by atoms with van der Waals surface area (Å²) in [6.45, 7) is 2.22. The molecule has 0 atom stereocenters. The molecule has 2 aromatic rings. The van der Waals surface area contributed by atoms with Gasteiger partial charge in [0.2, 0.25) is 6.79 Å². The van der Waals surface area contributed by atoms with Crippen molar-refractivity contribution in [1.82, 2.24) is 0 Å². The lowest BCUT2D eigenvalue weighted by Gasteiger charge is -2.12. The highest BCUT2D eigenvalue weighted by Crippen LogP contribution is 2.37. The summed E-state index contributed by atoms with van der Waals surface area (Å²) < 4.78 is 11.0. The standard InChI is InChI=1S/C17H15N3O2/c1-10-6-11-7-15-16(22-9-21-15)8-13(11)17(20-19-10)12-4-2-3-5-14(12)18/h2-5,7-8H,6,9,18H2,1H3. The van der Waals surface area contributed by atoms with Gasteiger partial charge < -0.3 is 15.2 Å². The molecule has 110 valence electrons. The van der Waals surface area contributed by atoms with Gasteiger partial charge in [-0.3, -0.25) is 0 Å². The zero-order chi connectivity index (χ0) is 15.1. The third-order valence-electron chi connectivity index (χ3n) is 3.84. The molecule has 2 aromatic carbocycles. The van der Waals surface area contributed by atoms with E-state index in [1.807, 2.05) is 43.3 Å². The van der Waals surface area contributed by atoms with E-state index in [9.17, 15) is 0 Å². The molecule has 0 aliphatic carbocycles. The van der Waals surface area contributed by atoms with E-state index < -0.39 is 0 Å². The van der Waals surface area contributed by atoms with Crippen molar-refractivity contribution in [1.29, 1.82) is 0 Å². The van der Waals surface area contributed by atoms with Crippen LogP contribution in [0.1, 0.15) is 23.6 Å². The van der Waals surface area contributed by atoms with Gasteiger partial charge in [0.05, 0.1) is 0 Å². The van der Waals surface area contributed by atoms with Gasteiger partial charge in [0, 0.05) is 28.9 Å². The smallest absolute Gasteiger partial charge is 0.231 e. The molecule has 0 aromatic heterocycles. The van der Waals surface area contributed by atoms with E-state index in [2.05, 4.69) is 10.2 Å². The minimum absolute atomic E-state index is 0.255. The van der Waals surface area contributed by atoms with E-state index in [0.717, 1.165) is 46.0 Å². The molecular formula is C17H15N3O2. The SMILES string of the molecule is CC1=NN=C(c2ccccc2N)c2cc3c(cc2C1)OCO3. The average Bonchev–Trinajstić information content (AvgIpc) is 2.89. The monoisotopic (exact) mass is 293 g/mol. The number of hydrogen-bond acceptors (Lipinski definition) is 5. The number of para-hydroxylation sites is 1. The fraction of sp³-hybridized carbons (Fsp3) is 0.176. The fourth-order valence-electron chi connectivity index (χ4n) is 2.76. The van der Waals surface area contributed by atoms with Crippen LogP contribution in [-0.2, 0) is 6.42 Å². The number of ether oxygens (including phenoxy) is 2. The first-order valence-electron chi connectivity index (χ1n) is 7.11. The maximum Gasteiger partial charge on any atom is 0.231 e. The minimum Gasteiger partial charge on any atom is -0.454 e. The van der Waals surface area contributed by atoms with Crippen molar-refractivity contribution in [3.8, 4) is 11.5 Å². The molecular weight excluding hydrogens is 278 g/mol. The van der Waals surface area contributed by atoms with Crippen LogP contribution < -0.4 is 15.2 Å². The summed E-state index contributed by atoms with van der Waals surface area (Å²) in [5, 5.41) is 8.74. The molecule has 0 radical (unpaired) electrons. The van der Waals surface area contributed by atoms with Crippen molar-refractivity contribution in [2.75, 3.05) is 12.5 Å². The molecule has 2 heterocycles.